The highest BCUT2D eigenvalue weighted by molar-refractivity contribution is 9.11. The molecule has 0 aromatic heterocycles. The summed E-state index contributed by atoms with van der Waals surface area (Å²) in [6.45, 7) is 4.60. The van der Waals surface area contributed by atoms with Crippen LogP contribution in [0.5, 0.6) is 11.5 Å². The van der Waals surface area contributed by atoms with Crippen LogP contribution in [-0.2, 0) is 0 Å². The predicted molar refractivity (Wildman–Crippen MR) is 74.9 cm³/mol. The maximum absolute atomic E-state index is 5.64. The van der Waals surface area contributed by atoms with Crippen molar-refractivity contribution in [3.05, 3.63) is 46.5 Å². The molecule has 0 aliphatic carbocycles. The molecule has 0 N–H and O–H groups in total. The number of methoxy groups -OCH3 is 1. The van der Waals surface area contributed by atoms with Gasteiger partial charge in [0.15, 0.2) is 0 Å². The first-order valence-corrected chi connectivity index (χ1v) is 6.21. The predicted octanol–water partition coefficient (Wildman–Crippen LogP) is 4.32. The van der Waals surface area contributed by atoms with Crippen molar-refractivity contribution in [3.8, 4) is 11.5 Å². The summed E-state index contributed by atoms with van der Waals surface area (Å²) in [6.07, 6.45) is 4.04. The van der Waals surface area contributed by atoms with E-state index in [4.69, 9.17) is 9.47 Å². The lowest BCUT2D eigenvalue weighted by Gasteiger charge is -2.07. The Labute approximate surface area is 111 Å². The van der Waals surface area contributed by atoms with Gasteiger partial charge in [0, 0.05) is 4.48 Å². The number of benzene rings is 1. The van der Waals surface area contributed by atoms with Crippen molar-refractivity contribution in [2.75, 3.05) is 13.7 Å². The number of ether oxygens (including phenoxy) is 2. The highest BCUT2D eigenvalue weighted by Gasteiger charge is 1.96. The summed E-state index contributed by atoms with van der Waals surface area (Å²) >= 11 is 3.44. The van der Waals surface area contributed by atoms with Gasteiger partial charge in [-0.05, 0) is 49.8 Å². The summed E-state index contributed by atoms with van der Waals surface area (Å²) in [5.41, 5.74) is 1.16. The fraction of sp³-hybridized carbons (Fsp3) is 0.286. The summed E-state index contributed by atoms with van der Waals surface area (Å²) in [5, 5.41) is 0. The smallest absolute Gasteiger partial charge is 0.120 e. The largest absolute Gasteiger partial charge is 0.497 e. The lowest BCUT2D eigenvalue weighted by molar-refractivity contribution is 0.350. The van der Waals surface area contributed by atoms with Gasteiger partial charge in [0.2, 0.25) is 0 Å². The van der Waals surface area contributed by atoms with E-state index in [1.165, 1.54) is 0 Å². The van der Waals surface area contributed by atoms with E-state index < -0.39 is 0 Å². The first kappa shape index (κ1) is 13.8. The molecule has 0 aliphatic rings. The topological polar surface area (TPSA) is 18.5 Å². The first-order chi connectivity index (χ1) is 8.15. The van der Waals surface area contributed by atoms with Gasteiger partial charge < -0.3 is 9.47 Å². The van der Waals surface area contributed by atoms with E-state index in [1.807, 2.05) is 50.3 Å². The molecule has 0 atom stereocenters. The van der Waals surface area contributed by atoms with Crippen LogP contribution < -0.4 is 9.47 Å². The molecule has 0 fully saturated rings. The molecule has 2 nitrogen and oxygen atoms in total. The third-order valence-corrected chi connectivity index (χ3v) is 2.87. The van der Waals surface area contributed by atoms with Crippen molar-refractivity contribution in [1.82, 2.24) is 0 Å². The zero-order chi connectivity index (χ0) is 12.7. The highest BCUT2D eigenvalue weighted by atomic mass is 79.9. The standard InChI is InChI=1S/C14H17BrO2/c1-4-12(15)9-11(2)10-17-14-7-5-13(16-3)6-8-14/h4-9H,10H2,1-3H3. The molecule has 17 heavy (non-hydrogen) atoms. The van der Waals surface area contributed by atoms with Gasteiger partial charge >= 0.3 is 0 Å². The molecular weight excluding hydrogens is 280 g/mol. The Balaban J connectivity index is 2.52. The van der Waals surface area contributed by atoms with E-state index in [0.717, 1.165) is 21.6 Å². The zero-order valence-electron chi connectivity index (χ0n) is 10.4. The maximum atomic E-state index is 5.64. The summed E-state index contributed by atoms with van der Waals surface area (Å²) in [6, 6.07) is 7.57. The van der Waals surface area contributed by atoms with Crippen molar-refractivity contribution in [2.24, 2.45) is 0 Å². The number of allylic oxidation sites excluding steroid dienone is 3. The van der Waals surface area contributed by atoms with E-state index in [-0.39, 0.29) is 0 Å². The van der Waals surface area contributed by atoms with Gasteiger partial charge in [-0.3, -0.25) is 0 Å². The number of rotatable bonds is 5. The lowest BCUT2D eigenvalue weighted by Crippen LogP contribution is -1.98. The Morgan fingerprint density at radius 2 is 1.82 bits per heavy atom. The Hall–Kier alpha value is -1.22. The highest BCUT2D eigenvalue weighted by Crippen LogP contribution is 2.18. The molecule has 0 saturated carbocycles. The van der Waals surface area contributed by atoms with Crippen LogP contribution in [0, 0.1) is 0 Å². The summed E-state index contributed by atoms with van der Waals surface area (Å²) < 4.78 is 11.8. The third-order valence-electron chi connectivity index (χ3n) is 2.19. The summed E-state index contributed by atoms with van der Waals surface area (Å²) in [4.78, 5) is 0. The van der Waals surface area contributed by atoms with Crippen LogP contribution in [0.15, 0.2) is 46.5 Å². The van der Waals surface area contributed by atoms with E-state index in [2.05, 4.69) is 15.9 Å². The number of hydrogen-bond acceptors (Lipinski definition) is 2. The van der Waals surface area contributed by atoms with E-state index >= 15 is 0 Å². The third kappa shape index (κ3) is 5.09. The van der Waals surface area contributed by atoms with Gasteiger partial charge in [-0.25, -0.2) is 0 Å². The average molecular weight is 297 g/mol. The summed E-state index contributed by atoms with van der Waals surface area (Å²) in [7, 11) is 1.65. The zero-order valence-corrected chi connectivity index (χ0v) is 12.0. The molecular formula is C14H17BrO2. The molecule has 92 valence electrons. The molecule has 0 radical (unpaired) electrons. The quantitative estimate of drug-likeness (QED) is 0.754. The normalized spacial score (nSPS) is 12.5. The molecule has 0 heterocycles. The van der Waals surface area contributed by atoms with E-state index in [1.54, 1.807) is 7.11 Å². The van der Waals surface area contributed by atoms with Crippen molar-refractivity contribution in [1.29, 1.82) is 0 Å². The number of hydrogen-bond donors (Lipinski definition) is 0. The molecule has 3 heteroatoms. The Kier molecular flexibility index (Phi) is 5.84. The van der Waals surface area contributed by atoms with Crippen molar-refractivity contribution in [3.63, 3.8) is 0 Å². The first-order valence-electron chi connectivity index (χ1n) is 5.41. The van der Waals surface area contributed by atoms with Gasteiger partial charge in [0.1, 0.15) is 18.1 Å². The van der Waals surface area contributed by atoms with E-state index in [9.17, 15) is 0 Å². The molecule has 0 aliphatic heterocycles. The van der Waals surface area contributed by atoms with Crippen LogP contribution in [0.1, 0.15) is 13.8 Å². The van der Waals surface area contributed by atoms with Gasteiger partial charge in [-0.1, -0.05) is 22.0 Å². The number of halogens is 1. The Morgan fingerprint density at radius 3 is 2.35 bits per heavy atom. The van der Waals surface area contributed by atoms with Gasteiger partial charge in [-0.15, -0.1) is 0 Å². The second-order valence-corrected chi connectivity index (χ2v) is 4.54. The average Bonchev–Trinajstić information content (AvgIpc) is 2.36. The van der Waals surface area contributed by atoms with Crippen molar-refractivity contribution >= 4 is 15.9 Å². The maximum Gasteiger partial charge on any atom is 0.120 e. The van der Waals surface area contributed by atoms with Gasteiger partial charge in [-0.2, -0.15) is 0 Å². The minimum atomic E-state index is 0.579. The minimum absolute atomic E-state index is 0.579. The van der Waals surface area contributed by atoms with Crippen LogP contribution in [-0.4, -0.2) is 13.7 Å². The van der Waals surface area contributed by atoms with Crippen LogP contribution in [0.3, 0.4) is 0 Å². The minimum Gasteiger partial charge on any atom is -0.497 e. The van der Waals surface area contributed by atoms with Crippen LogP contribution in [0.2, 0.25) is 0 Å². The van der Waals surface area contributed by atoms with Crippen LogP contribution in [0.4, 0.5) is 0 Å². The van der Waals surface area contributed by atoms with Crippen LogP contribution >= 0.6 is 15.9 Å². The second-order valence-electron chi connectivity index (χ2n) is 3.63. The molecule has 1 aromatic rings. The molecule has 0 amide bonds. The van der Waals surface area contributed by atoms with E-state index in [0.29, 0.717) is 6.61 Å². The Bertz CT molecular complexity index is 405. The second kappa shape index (κ2) is 7.17. The fourth-order valence-electron chi connectivity index (χ4n) is 1.23. The monoisotopic (exact) mass is 296 g/mol. The van der Waals surface area contributed by atoms with Crippen LogP contribution in [0.25, 0.3) is 0 Å². The molecule has 0 bridgehead atoms. The lowest BCUT2D eigenvalue weighted by atomic mass is 10.3. The SMILES string of the molecule is CC=C(Br)C=C(C)COc1ccc(OC)cc1. The molecule has 0 spiro atoms. The molecule has 1 rings (SSSR count). The van der Waals surface area contributed by atoms with Crippen molar-refractivity contribution < 1.29 is 9.47 Å². The van der Waals surface area contributed by atoms with Gasteiger partial charge in [0.25, 0.3) is 0 Å². The molecule has 0 saturated heterocycles. The molecule has 1 aromatic carbocycles. The van der Waals surface area contributed by atoms with Gasteiger partial charge in [0.05, 0.1) is 7.11 Å². The fourth-order valence-corrected chi connectivity index (χ4v) is 1.62. The van der Waals surface area contributed by atoms with Crippen molar-refractivity contribution in [2.45, 2.75) is 13.8 Å². The Morgan fingerprint density at radius 1 is 1.24 bits per heavy atom. The summed E-state index contributed by atoms with van der Waals surface area (Å²) in [5.74, 6) is 1.68. The molecule has 0 unspecified atom stereocenters.